The van der Waals surface area contributed by atoms with Crippen molar-refractivity contribution in [3.8, 4) is 0 Å². The van der Waals surface area contributed by atoms with E-state index in [1.54, 1.807) is 12.1 Å². The summed E-state index contributed by atoms with van der Waals surface area (Å²) >= 11 is 3.32. The lowest BCUT2D eigenvalue weighted by Crippen LogP contribution is -2.35. The van der Waals surface area contributed by atoms with E-state index in [1.165, 1.54) is 6.07 Å². The highest BCUT2D eigenvalue weighted by molar-refractivity contribution is 9.10. The van der Waals surface area contributed by atoms with Crippen molar-refractivity contribution in [1.29, 1.82) is 0 Å². The molecule has 6 heteroatoms. The quantitative estimate of drug-likeness (QED) is 0.688. The number of ether oxygens (including phenoxy) is 1. The monoisotopic (exact) mass is 300 g/mol. The van der Waals surface area contributed by atoms with Gasteiger partial charge in [0.1, 0.15) is 5.69 Å². The third-order valence-electron chi connectivity index (χ3n) is 2.81. The summed E-state index contributed by atoms with van der Waals surface area (Å²) in [7, 11) is 0. The number of hydrogen-bond donors (Lipinski definition) is 1. The second-order valence-corrected chi connectivity index (χ2v) is 5.32. The molecule has 0 bridgehead atoms. The minimum Gasteiger partial charge on any atom is -0.379 e. The molecule has 1 unspecified atom stereocenters. The van der Waals surface area contributed by atoms with Crippen molar-refractivity contribution in [1.82, 2.24) is 0 Å². The van der Waals surface area contributed by atoms with E-state index in [2.05, 4.69) is 21.2 Å². The molecule has 1 atom stereocenters. The average Bonchev–Trinajstić information content (AvgIpc) is 2.64. The molecule has 5 nitrogen and oxygen atoms in total. The van der Waals surface area contributed by atoms with Gasteiger partial charge in [0.05, 0.1) is 17.1 Å². The second kappa shape index (κ2) is 4.62. The standard InChI is InChI=1S/C11H13BrN2O3/c1-11(4-5-17-7-11)13-9-6-8(12)2-3-10(9)14(15)16/h2-3,6,13H,4-5,7H2,1H3. The lowest BCUT2D eigenvalue weighted by Gasteiger charge is -2.24. The predicted molar refractivity (Wildman–Crippen MR) is 68.3 cm³/mol. The summed E-state index contributed by atoms with van der Waals surface area (Å²) in [5, 5.41) is 14.1. The molecule has 0 aliphatic carbocycles. The molecule has 17 heavy (non-hydrogen) atoms. The Morgan fingerprint density at radius 3 is 2.94 bits per heavy atom. The van der Waals surface area contributed by atoms with Gasteiger partial charge in [-0.3, -0.25) is 10.1 Å². The van der Waals surface area contributed by atoms with Crippen molar-refractivity contribution in [3.05, 3.63) is 32.8 Å². The number of nitrogens with one attached hydrogen (secondary N) is 1. The molecule has 2 rings (SSSR count). The average molecular weight is 301 g/mol. The van der Waals surface area contributed by atoms with Crippen LogP contribution in [0.5, 0.6) is 0 Å². The minimum absolute atomic E-state index is 0.0846. The Bertz CT molecular complexity index is 444. The molecule has 0 saturated carbocycles. The van der Waals surface area contributed by atoms with Gasteiger partial charge < -0.3 is 10.1 Å². The first kappa shape index (κ1) is 12.3. The van der Waals surface area contributed by atoms with E-state index >= 15 is 0 Å². The zero-order valence-electron chi connectivity index (χ0n) is 9.40. The van der Waals surface area contributed by atoms with Gasteiger partial charge in [0, 0.05) is 17.1 Å². The molecule has 1 fully saturated rings. The Kier molecular flexibility index (Phi) is 3.35. The van der Waals surface area contributed by atoms with Gasteiger partial charge in [0.15, 0.2) is 0 Å². The zero-order valence-corrected chi connectivity index (χ0v) is 11.0. The number of benzene rings is 1. The van der Waals surface area contributed by atoms with Crippen LogP contribution in [-0.4, -0.2) is 23.7 Å². The van der Waals surface area contributed by atoms with Crippen LogP contribution in [0.25, 0.3) is 0 Å². The Hall–Kier alpha value is -1.14. The third kappa shape index (κ3) is 2.76. The minimum atomic E-state index is -0.381. The normalized spacial score (nSPS) is 23.6. The molecule has 1 N–H and O–H groups in total. The van der Waals surface area contributed by atoms with Crippen LogP contribution in [0.1, 0.15) is 13.3 Å². The number of hydrogen-bond acceptors (Lipinski definition) is 4. The molecule has 1 aliphatic rings. The fraction of sp³-hybridized carbons (Fsp3) is 0.455. The number of anilines is 1. The highest BCUT2D eigenvalue weighted by Crippen LogP contribution is 2.32. The molecular formula is C11H13BrN2O3. The lowest BCUT2D eigenvalue weighted by molar-refractivity contribution is -0.384. The number of halogens is 1. The molecule has 1 aliphatic heterocycles. The van der Waals surface area contributed by atoms with Crippen LogP contribution in [0, 0.1) is 10.1 Å². The topological polar surface area (TPSA) is 64.4 Å². The van der Waals surface area contributed by atoms with Crippen molar-refractivity contribution in [2.45, 2.75) is 18.9 Å². The van der Waals surface area contributed by atoms with E-state index in [1.807, 2.05) is 6.92 Å². The summed E-state index contributed by atoms with van der Waals surface area (Å²) in [6, 6.07) is 4.88. The smallest absolute Gasteiger partial charge is 0.292 e. The summed E-state index contributed by atoms with van der Waals surface area (Å²) < 4.78 is 6.13. The summed E-state index contributed by atoms with van der Waals surface area (Å²) in [4.78, 5) is 10.5. The van der Waals surface area contributed by atoms with Crippen molar-refractivity contribution in [2.75, 3.05) is 18.5 Å². The summed E-state index contributed by atoms with van der Waals surface area (Å²) in [6.07, 6.45) is 0.844. The molecular weight excluding hydrogens is 288 g/mol. The Labute approximate surface area is 107 Å². The SMILES string of the molecule is CC1(Nc2cc(Br)ccc2[N+](=O)[O-])CCOC1. The fourth-order valence-electron chi connectivity index (χ4n) is 1.86. The summed E-state index contributed by atoms with van der Waals surface area (Å²) in [5.41, 5.74) is 0.379. The maximum absolute atomic E-state index is 10.9. The van der Waals surface area contributed by atoms with Crippen molar-refractivity contribution in [2.24, 2.45) is 0 Å². The Morgan fingerprint density at radius 1 is 1.59 bits per heavy atom. The highest BCUT2D eigenvalue weighted by Gasteiger charge is 2.31. The second-order valence-electron chi connectivity index (χ2n) is 4.41. The molecule has 0 radical (unpaired) electrons. The van der Waals surface area contributed by atoms with Gasteiger partial charge in [0.25, 0.3) is 5.69 Å². The van der Waals surface area contributed by atoms with Crippen LogP contribution in [0.15, 0.2) is 22.7 Å². The van der Waals surface area contributed by atoms with Gasteiger partial charge in [-0.15, -0.1) is 0 Å². The van der Waals surface area contributed by atoms with Crippen molar-refractivity contribution < 1.29 is 9.66 Å². The number of rotatable bonds is 3. The Balaban J connectivity index is 2.30. The molecule has 0 spiro atoms. The largest absolute Gasteiger partial charge is 0.379 e. The van der Waals surface area contributed by atoms with Gasteiger partial charge >= 0.3 is 0 Å². The van der Waals surface area contributed by atoms with Gasteiger partial charge in [-0.25, -0.2) is 0 Å². The Morgan fingerprint density at radius 2 is 2.35 bits per heavy atom. The lowest BCUT2D eigenvalue weighted by atomic mass is 10.0. The number of nitro groups is 1. The third-order valence-corrected chi connectivity index (χ3v) is 3.30. The first-order valence-electron chi connectivity index (χ1n) is 5.30. The van der Waals surface area contributed by atoms with Crippen molar-refractivity contribution in [3.63, 3.8) is 0 Å². The highest BCUT2D eigenvalue weighted by atomic mass is 79.9. The molecule has 1 heterocycles. The van der Waals surface area contributed by atoms with E-state index in [0.717, 1.165) is 10.9 Å². The van der Waals surface area contributed by atoms with Crippen LogP contribution < -0.4 is 5.32 Å². The van der Waals surface area contributed by atoms with Gasteiger partial charge in [-0.05, 0) is 25.5 Å². The molecule has 1 saturated heterocycles. The van der Waals surface area contributed by atoms with Gasteiger partial charge in [-0.2, -0.15) is 0 Å². The van der Waals surface area contributed by atoms with Gasteiger partial charge in [0.2, 0.25) is 0 Å². The summed E-state index contributed by atoms with van der Waals surface area (Å²) in [6.45, 7) is 3.26. The van der Waals surface area contributed by atoms with Crippen LogP contribution in [0.3, 0.4) is 0 Å². The van der Waals surface area contributed by atoms with E-state index in [4.69, 9.17) is 4.74 Å². The van der Waals surface area contributed by atoms with Crippen LogP contribution in [-0.2, 0) is 4.74 Å². The fourth-order valence-corrected chi connectivity index (χ4v) is 2.22. The van der Waals surface area contributed by atoms with Crippen LogP contribution in [0.2, 0.25) is 0 Å². The van der Waals surface area contributed by atoms with Crippen LogP contribution in [0.4, 0.5) is 11.4 Å². The molecule has 92 valence electrons. The zero-order chi connectivity index (χ0) is 12.5. The first-order valence-corrected chi connectivity index (χ1v) is 6.09. The molecule has 0 aromatic heterocycles. The summed E-state index contributed by atoms with van der Waals surface area (Å²) in [5.74, 6) is 0. The van der Waals surface area contributed by atoms with E-state index < -0.39 is 0 Å². The number of nitro benzene ring substituents is 1. The van der Waals surface area contributed by atoms with Crippen LogP contribution >= 0.6 is 15.9 Å². The van der Waals surface area contributed by atoms with E-state index in [9.17, 15) is 10.1 Å². The maximum Gasteiger partial charge on any atom is 0.292 e. The molecule has 1 aromatic rings. The van der Waals surface area contributed by atoms with E-state index in [-0.39, 0.29) is 16.1 Å². The molecule has 0 amide bonds. The first-order chi connectivity index (χ1) is 8.00. The van der Waals surface area contributed by atoms with E-state index in [0.29, 0.717) is 18.9 Å². The van der Waals surface area contributed by atoms with Gasteiger partial charge in [-0.1, -0.05) is 15.9 Å². The predicted octanol–water partition coefficient (Wildman–Crippen LogP) is 2.95. The number of nitrogens with zero attached hydrogens (tertiary/aromatic N) is 1. The van der Waals surface area contributed by atoms with Crippen molar-refractivity contribution >= 4 is 27.3 Å². The maximum atomic E-state index is 10.9. The molecule has 1 aromatic carbocycles.